The highest BCUT2D eigenvalue weighted by atomic mass is 16.5. The molecule has 2 aliphatic rings. The van der Waals surface area contributed by atoms with Gasteiger partial charge in [0.2, 0.25) is 0 Å². The SMILES string of the molecule is COC1CCCC(N2CCC(C)(CN)C2)C1. The first-order valence-corrected chi connectivity index (χ1v) is 6.64. The summed E-state index contributed by atoms with van der Waals surface area (Å²) in [6.07, 6.45) is 6.88. The molecule has 3 unspecified atom stereocenters. The molecule has 2 fully saturated rings. The maximum atomic E-state index is 5.86. The van der Waals surface area contributed by atoms with Gasteiger partial charge in [-0.15, -0.1) is 0 Å². The lowest BCUT2D eigenvalue weighted by atomic mass is 9.89. The summed E-state index contributed by atoms with van der Waals surface area (Å²) < 4.78 is 5.51. The lowest BCUT2D eigenvalue weighted by Crippen LogP contribution is -2.41. The van der Waals surface area contributed by atoms with E-state index in [2.05, 4.69) is 11.8 Å². The monoisotopic (exact) mass is 226 g/mol. The van der Waals surface area contributed by atoms with E-state index in [1.54, 1.807) is 0 Å². The Bertz CT molecular complexity index is 234. The molecule has 1 aliphatic heterocycles. The Morgan fingerprint density at radius 1 is 1.44 bits per heavy atom. The molecule has 0 aromatic carbocycles. The fourth-order valence-electron chi connectivity index (χ4n) is 3.21. The molecule has 94 valence electrons. The molecule has 1 heterocycles. The van der Waals surface area contributed by atoms with E-state index < -0.39 is 0 Å². The van der Waals surface area contributed by atoms with Gasteiger partial charge in [0.15, 0.2) is 0 Å². The highest BCUT2D eigenvalue weighted by Gasteiger charge is 2.37. The van der Waals surface area contributed by atoms with E-state index in [0.717, 1.165) is 12.6 Å². The first kappa shape index (κ1) is 12.3. The largest absolute Gasteiger partial charge is 0.381 e. The summed E-state index contributed by atoms with van der Waals surface area (Å²) in [5.41, 5.74) is 6.22. The molecular weight excluding hydrogens is 200 g/mol. The van der Waals surface area contributed by atoms with Crippen molar-refractivity contribution in [3.05, 3.63) is 0 Å². The summed E-state index contributed by atoms with van der Waals surface area (Å²) in [6, 6.07) is 0.743. The molecule has 0 spiro atoms. The van der Waals surface area contributed by atoms with Crippen LogP contribution in [0.1, 0.15) is 39.0 Å². The lowest BCUT2D eigenvalue weighted by molar-refractivity contribution is 0.0317. The van der Waals surface area contributed by atoms with Crippen LogP contribution in [0.5, 0.6) is 0 Å². The summed E-state index contributed by atoms with van der Waals surface area (Å²) in [6.45, 7) is 5.56. The average Bonchev–Trinajstić information content (AvgIpc) is 2.73. The van der Waals surface area contributed by atoms with Crippen molar-refractivity contribution < 1.29 is 4.74 Å². The third-order valence-electron chi connectivity index (χ3n) is 4.53. The van der Waals surface area contributed by atoms with E-state index in [1.165, 1.54) is 45.2 Å². The van der Waals surface area contributed by atoms with Gasteiger partial charge in [0.05, 0.1) is 6.10 Å². The summed E-state index contributed by atoms with van der Waals surface area (Å²) >= 11 is 0. The second-order valence-corrected chi connectivity index (χ2v) is 5.91. The second-order valence-electron chi connectivity index (χ2n) is 5.91. The summed E-state index contributed by atoms with van der Waals surface area (Å²) in [5, 5.41) is 0. The van der Waals surface area contributed by atoms with Gasteiger partial charge in [-0.2, -0.15) is 0 Å². The van der Waals surface area contributed by atoms with E-state index in [4.69, 9.17) is 10.5 Å². The van der Waals surface area contributed by atoms with Gasteiger partial charge in [-0.1, -0.05) is 6.92 Å². The Kier molecular flexibility index (Phi) is 3.88. The van der Waals surface area contributed by atoms with Crippen molar-refractivity contribution in [1.82, 2.24) is 4.90 Å². The third-order valence-corrected chi connectivity index (χ3v) is 4.53. The van der Waals surface area contributed by atoms with Crippen LogP contribution < -0.4 is 5.73 Å². The number of methoxy groups -OCH3 is 1. The predicted octanol–water partition coefficient (Wildman–Crippen LogP) is 1.61. The van der Waals surface area contributed by atoms with Crippen LogP contribution in [-0.2, 0) is 4.74 Å². The Balaban J connectivity index is 1.89. The molecule has 1 saturated carbocycles. The number of hydrogen-bond acceptors (Lipinski definition) is 3. The molecule has 3 heteroatoms. The van der Waals surface area contributed by atoms with Crippen LogP contribution in [0, 0.1) is 5.41 Å². The van der Waals surface area contributed by atoms with E-state index in [9.17, 15) is 0 Å². The quantitative estimate of drug-likeness (QED) is 0.794. The zero-order valence-electron chi connectivity index (χ0n) is 10.7. The van der Waals surface area contributed by atoms with Crippen LogP contribution in [0.15, 0.2) is 0 Å². The Labute approximate surface area is 99.3 Å². The molecular formula is C13H26N2O. The highest BCUT2D eigenvalue weighted by Crippen LogP contribution is 2.34. The minimum atomic E-state index is 0.361. The van der Waals surface area contributed by atoms with Crippen molar-refractivity contribution >= 4 is 0 Å². The molecule has 2 rings (SSSR count). The average molecular weight is 226 g/mol. The van der Waals surface area contributed by atoms with Crippen LogP contribution >= 0.6 is 0 Å². The Morgan fingerprint density at radius 2 is 2.25 bits per heavy atom. The second kappa shape index (κ2) is 5.03. The molecule has 0 aromatic rings. The molecule has 1 saturated heterocycles. The number of likely N-dealkylation sites (tertiary alicyclic amines) is 1. The maximum Gasteiger partial charge on any atom is 0.0586 e. The number of nitrogens with two attached hydrogens (primary N) is 1. The summed E-state index contributed by atoms with van der Waals surface area (Å²) in [7, 11) is 1.85. The van der Waals surface area contributed by atoms with Crippen molar-refractivity contribution in [3.8, 4) is 0 Å². The van der Waals surface area contributed by atoms with Gasteiger partial charge < -0.3 is 10.5 Å². The van der Waals surface area contributed by atoms with Crippen LogP contribution in [0.3, 0.4) is 0 Å². The molecule has 3 nitrogen and oxygen atoms in total. The Hall–Kier alpha value is -0.120. The van der Waals surface area contributed by atoms with Crippen molar-refractivity contribution in [2.24, 2.45) is 11.1 Å². The van der Waals surface area contributed by atoms with Gasteiger partial charge in [0, 0.05) is 19.7 Å². The fourth-order valence-corrected chi connectivity index (χ4v) is 3.21. The molecule has 0 amide bonds. The number of nitrogens with zero attached hydrogens (tertiary/aromatic N) is 1. The smallest absolute Gasteiger partial charge is 0.0586 e. The van der Waals surface area contributed by atoms with E-state index in [0.29, 0.717) is 11.5 Å². The molecule has 3 atom stereocenters. The van der Waals surface area contributed by atoms with Crippen molar-refractivity contribution in [3.63, 3.8) is 0 Å². The third kappa shape index (κ3) is 2.58. The predicted molar refractivity (Wildman–Crippen MR) is 66.4 cm³/mol. The summed E-state index contributed by atoms with van der Waals surface area (Å²) in [4.78, 5) is 2.65. The van der Waals surface area contributed by atoms with Crippen molar-refractivity contribution in [2.75, 3.05) is 26.7 Å². The van der Waals surface area contributed by atoms with Gasteiger partial charge in [0.1, 0.15) is 0 Å². The normalized spacial score (nSPS) is 41.4. The molecule has 0 aromatic heterocycles. The zero-order chi connectivity index (χ0) is 11.6. The highest BCUT2D eigenvalue weighted by molar-refractivity contribution is 4.92. The lowest BCUT2D eigenvalue weighted by Gasteiger charge is -2.35. The minimum Gasteiger partial charge on any atom is -0.381 e. The van der Waals surface area contributed by atoms with Crippen LogP contribution in [0.4, 0.5) is 0 Å². The molecule has 16 heavy (non-hydrogen) atoms. The maximum absolute atomic E-state index is 5.86. The number of hydrogen-bond donors (Lipinski definition) is 1. The number of rotatable bonds is 3. The van der Waals surface area contributed by atoms with Gasteiger partial charge in [0.25, 0.3) is 0 Å². The van der Waals surface area contributed by atoms with Crippen molar-refractivity contribution in [1.29, 1.82) is 0 Å². The molecule has 0 radical (unpaired) electrons. The van der Waals surface area contributed by atoms with Gasteiger partial charge in [-0.05, 0) is 50.6 Å². The zero-order valence-corrected chi connectivity index (χ0v) is 10.7. The van der Waals surface area contributed by atoms with Crippen molar-refractivity contribution in [2.45, 2.75) is 51.2 Å². The minimum absolute atomic E-state index is 0.361. The molecule has 2 N–H and O–H groups in total. The van der Waals surface area contributed by atoms with E-state index in [-0.39, 0.29) is 0 Å². The number of ether oxygens (including phenoxy) is 1. The van der Waals surface area contributed by atoms with Gasteiger partial charge in [-0.25, -0.2) is 0 Å². The Morgan fingerprint density at radius 3 is 2.88 bits per heavy atom. The van der Waals surface area contributed by atoms with Crippen LogP contribution in [0.2, 0.25) is 0 Å². The van der Waals surface area contributed by atoms with E-state index >= 15 is 0 Å². The topological polar surface area (TPSA) is 38.5 Å². The van der Waals surface area contributed by atoms with Gasteiger partial charge >= 0.3 is 0 Å². The molecule has 0 bridgehead atoms. The standard InChI is InChI=1S/C13H26N2O/c1-13(9-14)6-7-15(10-13)11-4-3-5-12(8-11)16-2/h11-12H,3-10,14H2,1-2H3. The fraction of sp³-hybridized carbons (Fsp3) is 1.00. The first-order valence-electron chi connectivity index (χ1n) is 6.64. The van der Waals surface area contributed by atoms with Crippen LogP contribution in [0.25, 0.3) is 0 Å². The van der Waals surface area contributed by atoms with Gasteiger partial charge in [-0.3, -0.25) is 4.90 Å². The summed E-state index contributed by atoms with van der Waals surface area (Å²) in [5.74, 6) is 0. The molecule has 1 aliphatic carbocycles. The van der Waals surface area contributed by atoms with Crippen LogP contribution in [-0.4, -0.2) is 43.8 Å². The van der Waals surface area contributed by atoms with E-state index in [1.807, 2.05) is 7.11 Å². The first-order chi connectivity index (χ1) is 7.67.